The zero-order valence-electron chi connectivity index (χ0n) is 21.9. The molecule has 7 heteroatoms. The number of hydrogen-bond acceptors (Lipinski definition) is 5. The Morgan fingerprint density at radius 2 is 1.86 bits per heavy atom. The molecule has 36 heavy (non-hydrogen) atoms. The number of H-pyrrole nitrogens is 1. The van der Waals surface area contributed by atoms with Crippen molar-refractivity contribution in [2.45, 2.75) is 38.6 Å². The molecule has 0 radical (unpaired) electrons. The molecule has 2 heterocycles. The third kappa shape index (κ3) is 4.63. The minimum absolute atomic E-state index is 0.111. The van der Waals surface area contributed by atoms with E-state index >= 15 is 0 Å². The summed E-state index contributed by atoms with van der Waals surface area (Å²) in [4.78, 5) is 33.6. The third-order valence-corrected chi connectivity index (χ3v) is 6.74. The monoisotopic (exact) mass is 489 g/mol. The van der Waals surface area contributed by atoms with Crippen LogP contribution in [0.4, 0.5) is 0 Å². The van der Waals surface area contributed by atoms with Crippen LogP contribution in [0.5, 0.6) is 5.75 Å². The van der Waals surface area contributed by atoms with Crippen LogP contribution >= 0.6 is 0 Å². The van der Waals surface area contributed by atoms with Crippen LogP contribution in [0.1, 0.15) is 49.9 Å². The molecule has 1 fully saturated rings. The second-order valence-corrected chi connectivity index (χ2v) is 10.6. The maximum atomic E-state index is 13.4. The summed E-state index contributed by atoms with van der Waals surface area (Å²) in [5.74, 6) is -0.723. The topological polar surface area (TPSA) is 85.9 Å². The molecule has 4 rings (SSSR count). The van der Waals surface area contributed by atoms with Gasteiger partial charge in [-0.3, -0.25) is 9.59 Å². The number of rotatable bonds is 7. The highest BCUT2D eigenvalue weighted by atomic mass is 16.5. The average Bonchev–Trinajstić information content (AvgIpc) is 3.36. The number of methoxy groups -OCH3 is 1. The Bertz CT molecular complexity index is 1330. The number of hydrogen-bond donors (Lipinski definition) is 2. The highest BCUT2D eigenvalue weighted by Gasteiger charge is 2.46. The van der Waals surface area contributed by atoms with Crippen LogP contribution in [0.2, 0.25) is 0 Å². The zero-order chi connectivity index (χ0) is 26.2. The summed E-state index contributed by atoms with van der Waals surface area (Å²) in [5.41, 5.74) is 2.94. The Kier molecular flexibility index (Phi) is 6.96. The molecule has 1 saturated heterocycles. The molecule has 1 aromatic heterocycles. The quantitative estimate of drug-likeness (QED) is 0.282. The van der Waals surface area contributed by atoms with Gasteiger partial charge in [0.1, 0.15) is 11.5 Å². The molecule has 190 valence electrons. The van der Waals surface area contributed by atoms with Crippen LogP contribution < -0.4 is 4.74 Å². The standard InChI is InChI=1S/C29H35N3O4/c1-29(2,3)21-16-18(12-13-23(21)36-6)26(33)24-25(20-17-30-22-11-8-7-10-19(20)22)32(28(35)27(24)34)15-9-14-31(4)5/h7-8,10-13,16-17,25,30,33H,9,14-15H2,1-6H3/b26-24+. The van der Waals surface area contributed by atoms with E-state index in [0.29, 0.717) is 24.3 Å². The first-order valence-electron chi connectivity index (χ1n) is 12.2. The van der Waals surface area contributed by atoms with Crippen LogP contribution in [0, 0.1) is 0 Å². The number of fused-ring (bicyclic) bond motifs is 1. The first kappa shape index (κ1) is 25.5. The van der Waals surface area contributed by atoms with Gasteiger partial charge in [0.25, 0.3) is 11.7 Å². The van der Waals surface area contributed by atoms with E-state index in [4.69, 9.17) is 4.74 Å². The molecule has 0 spiro atoms. The van der Waals surface area contributed by atoms with Crippen LogP contribution in [-0.4, -0.2) is 65.9 Å². The highest BCUT2D eigenvalue weighted by Crippen LogP contribution is 2.43. The molecule has 7 nitrogen and oxygen atoms in total. The molecule has 0 bridgehead atoms. The largest absolute Gasteiger partial charge is 0.507 e. The maximum Gasteiger partial charge on any atom is 0.295 e. The summed E-state index contributed by atoms with van der Waals surface area (Å²) >= 11 is 0. The lowest BCUT2D eigenvalue weighted by Crippen LogP contribution is -2.32. The number of aromatic amines is 1. The molecular weight excluding hydrogens is 454 g/mol. The average molecular weight is 490 g/mol. The van der Waals surface area contributed by atoms with Gasteiger partial charge in [-0.05, 0) is 56.7 Å². The molecule has 2 aromatic carbocycles. The minimum atomic E-state index is -0.691. The van der Waals surface area contributed by atoms with Crippen molar-refractivity contribution in [3.05, 3.63) is 70.9 Å². The van der Waals surface area contributed by atoms with Gasteiger partial charge in [0, 0.05) is 40.3 Å². The molecule has 1 aliphatic rings. The summed E-state index contributed by atoms with van der Waals surface area (Å²) in [5, 5.41) is 12.5. The second-order valence-electron chi connectivity index (χ2n) is 10.6. The predicted octanol–water partition coefficient (Wildman–Crippen LogP) is 4.85. The van der Waals surface area contributed by atoms with Gasteiger partial charge in [0.05, 0.1) is 18.7 Å². The Hall–Kier alpha value is -3.58. The van der Waals surface area contributed by atoms with Crippen molar-refractivity contribution >= 4 is 28.4 Å². The van der Waals surface area contributed by atoms with Crippen molar-refractivity contribution in [1.82, 2.24) is 14.8 Å². The number of Topliss-reactive ketones (excluding diaryl/α,β-unsaturated/α-hetero) is 1. The summed E-state index contributed by atoms with van der Waals surface area (Å²) < 4.78 is 5.54. The van der Waals surface area contributed by atoms with Crippen LogP contribution in [-0.2, 0) is 15.0 Å². The lowest BCUT2D eigenvalue weighted by molar-refractivity contribution is -0.139. The fourth-order valence-electron chi connectivity index (χ4n) is 4.91. The van der Waals surface area contributed by atoms with Crippen LogP contribution in [0.15, 0.2) is 54.2 Å². The fourth-order valence-corrected chi connectivity index (χ4v) is 4.91. The number of likely N-dealkylation sites (tertiary alicyclic amines) is 1. The Labute approximate surface area is 212 Å². The smallest absolute Gasteiger partial charge is 0.295 e. The van der Waals surface area contributed by atoms with Gasteiger partial charge in [-0.15, -0.1) is 0 Å². The van der Waals surface area contributed by atoms with Crippen molar-refractivity contribution in [3.8, 4) is 5.75 Å². The minimum Gasteiger partial charge on any atom is -0.507 e. The SMILES string of the molecule is COc1ccc(/C(O)=C2\C(=O)C(=O)N(CCCN(C)C)C2c2c[nH]c3ccccc23)cc1C(C)(C)C. The molecular formula is C29H35N3O4. The van der Waals surface area contributed by atoms with E-state index in [1.54, 1.807) is 24.1 Å². The summed E-state index contributed by atoms with van der Waals surface area (Å²) in [6, 6.07) is 12.5. The summed E-state index contributed by atoms with van der Waals surface area (Å²) in [7, 11) is 5.56. The summed E-state index contributed by atoms with van der Waals surface area (Å²) in [6.07, 6.45) is 2.54. The Balaban J connectivity index is 1.89. The number of aliphatic hydroxyl groups is 1. The number of nitrogens with zero attached hydrogens (tertiary/aromatic N) is 2. The number of carbonyl (C=O) groups is 2. The third-order valence-electron chi connectivity index (χ3n) is 6.74. The number of carbonyl (C=O) groups excluding carboxylic acids is 2. The van der Waals surface area contributed by atoms with E-state index in [1.165, 1.54) is 0 Å². The van der Waals surface area contributed by atoms with Crippen molar-refractivity contribution in [2.24, 2.45) is 0 Å². The number of benzene rings is 2. The number of para-hydroxylation sites is 1. The molecule has 1 unspecified atom stereocenters. The molecule has 1 atom stereocenters. The fraction of sp³-hybridized carbons (Fsp3) is 0.379. The van der Waals surface area contributed by atoms with E-state index in [-0.39, 0.29) is 16.7 Å². The second kappa shape index (κ2) is 9.82. The number of ketones is 1. The molecule has 1 aliphatic heterocycles. The van der Waals surface area contributed by atoms with Gasteiger partial charge < -0.3 is 24.6 Å². The first-order chi connectivity index (χ1) is 17.0. The first-order valence-corrected chi connectivity index (χ1v) is 12.2. The molecule has 0 saturated carbocycles. The van der Waals surface area contributed by atoms with E-state index in [2.05, 4.69) is 25.8 Å². The van der Waals surface area contributed by atoms with Crippen LogP contribution in [0.3, 0.4) is 0 Å². The molecule has 1 amide bonds. The van der Waals surface area contributed by atoms with Gasteiger partial charge in [0.15, 0.2) is 0 Å². The van der Waals surface area contributed by atoms with Gasteiger partial charge in [-0.2, -0.15) is 0 Å². The number of nitrogens with one attached hydrogen (secondary N) is 1. The van der Waals surface area contributed by atoms with Gasteiger partial charge in [-0.1, -0.05) is 39.0 Å². The van der Waals surface area contributed by atoms with Gasteiger partial charge >= 0.3 is 0 Å². The van der Waals surface area contributed by atoms with E-state index in [9.17, 15) is 14.7 Å². The van der Waals surface area contributed by atoms with Gasteiger partial charge in [0.2, 0.25) is 0 Å². The Morgan fingerprint density at radius 1 is 1.14 bits per heavy atom. The number of ether oxygens (including phenoxy) is 1. The van der Waals surface area contributed by atoms with Crippen molar-refractivity contribution in [3.63, 3.8) is 0 Å². The van der Waals surface area contributed by atoms with Crippen molar-refractivity contribution < 1.29 is 19.4 Å². The zero-order valence-corrected chi connectivity index (χ0v) is 21.9. The number of aliphatic hydroxyl groups excluding tert-OH is 1. The normalized spacial score (nSPS) is 18.0. The lowest BCUT2D eigenvalue weighted by atomic mass is 9.84. The molecule has 3 aromatic rings. The number of amides is 1. The predicted molar refractivity (Wildman–Crippen MR) is 142 cm³/mol. The van der Waals surface area contributed by atoms with Crippen molar-refractivity contribution in [2.75, 3.05) is 34.3 Å². The van der Waals surface area contributed by atoms with Crippen LogP contribution in [0.25, 0.3) is 16.7 Å². The van der Waals surface area contributed by atoms with E-state index < -0.39 is 17.7 Å². The highest BCUT2D eigenvalue weighted by molar-refractivity contribution is 6.46. The van der Waals surface area contributed by atoms with E-state index in [0.717, 1.165) is 28.6 Å². The Morgan fingerprint density at radius 3 is 2.53 bits per heavy atom. The van der Waals surface area contributed by atoms with Gasteiger partial charge in [-0.25, -0.2) is 0 Å². The lowest BCUT2D eigenvalue weighted by Gasteiger charge is -2.26. The number of aromatic nitrogens is 1. The molecule has 0 aliphatic carbocycles. The summed E-state index contributed by atoms with van der Waals surface area (Å²) in [6.45, 7) is 7.36. The van der Waals surface area contributed by atoms with Crippen molar-refractivity contribution in [1.29, 1.82) is 0 Å². The van der Waals surface area contributed by atoms with E-state index in [1.807, 2.05) is 55.5 Å². The molecule has 2 N–H and O–H groups in total. The maximum absolute atomic E-state index is 13.4.